The fraction of sp³-hybridized carbons (Fsp3) is 0.684. The van der Waals surface area contributed by atoms with Crippen LogP contribution in [0.15, 0.2) is 6.33 Å². The number of aromatic nitrogens is 6. The third-order valence-corrected chi connectivity index (χ3v) is 5.33. The van der Waals surface area contributed by atoms with Gasteiger partial charge >= 0.3 is 0 Å². The van der Waals surface area contributed by atoms with Crippen molar-refractivity contribution in [2.45, 2.75) is 53.6 Å². The first-order valence-corrected chi connectivity index (χ1v) is 10.1. The highest BCUT2D eigenvalue weighted by Gasteiger charge is 2.24. The van der Waals surface area contributed by atoms with E-state index in [2.05, 4.69) is 46.1 Å². The predicted octanol–water partition coefficient (Wildman–Crippen LogP) is 0.446. The van der Waals surface area contributed by atoms with E-state index < -0.39 is 0 Å². The number of nitrogens with zero attached hydrogens (tertiary/aromatic N) is 8. The summed E-state index contributed by atoms with van der Waals surface area (Å²) in [7, 11) is 0. The van der Waals surface area contributed by atoms with Gasteiger partial charge in [-0.15, -0.1) is 5.10 Å². The van der Waals surface area contributed by atoms with E-state index in [0.29, 0.717) is 44.9 Å². The van der Waals surface area contributed by atoms with Crippen molar-refractivity contribution in [1.29, 1.82) is 0 Å². The molecule has 1 saturated heterocycles. The first kappa shape index (κ1) is 20.9. The Morgan fingerprint density at radius 1 is 1.07 bits per heavy atom. The van der Waals surface area contributed by atoms with Crippen LogP contribution < -0.4 is 0 Å². The van der Waals surface area contributed by atoms with Gasteiger partial charge in [-0.25, -0.2) is 4.68 Å². The summed E-state index contributed by atoms with van der Waals surface area (Å²) in [5.41, 5.74) is 3.34. The van der Waals surface area contributed by atoms with Gasteiger partial charge in [-0.1, -0.05) is 13.8 Å². The molecule has 1 fully saturated rings. The minimum atomic E-state index is -0.0341. The van der Waals surface area contributed by atoms with Crippen LogP contribution in [0.3, 0.4) is 0 Å². The third-order valence-electron chi connectivity index (χ3n) is 5.33. The highest BCUT2D eigenvalue weighted by Crippen LogP contribution is 2.17. The van der Waals surface area contributed by atoms with Crippen molar-refractivity contribution in [3.8, 4) is 0 Å². The number of amides is 2. The van der Waals surface area contributed by atoms with Crippen molar-refractivity contribution >= 4 is 11.8 Å². The molecule has 2 aromatic heterocycles. The van der Waals surface area contributed by atoms with Crippen molar-refractivity contribution in [3.63, 3.8) is 0 Å². The lowest BCUT2D eigenvalue weighted by Gasteiger charge is -2.34. The fourth-order valence-corrected chi connectivity index (χ4v) is 3.71. The second-order valence-corrected chi connectivity index (χ2v) is 7.99. The number of hydrogen-bond acceptors (Lipinski definition) is 6. The van der Waals surface area contributed by atoms with Gasteiger partial charge in [0, 0.05) is 44.8 Å². The molecule has 0 spiro atoms. The Labute approximate surface area is 170 Å². The molecule has 1 aliphatic rings. The molecule has 29 heavy (non-hydrogen) atoms. The van der Waals surface area contributed by atoms with Crippen LogP contribution in [0, 0.1) is 19.8 Å². The van der Waals surface area contributed by atoms with Crippen LogP contribution in [0.4, 0.5) is 0 Å². The molecular formula is C19H30N8O2. The fourth-order valence-electron chi connectivity index (χ4n) is 3.71. The Morgan fingerprint density at radius 2 is 1.72 bits per heavy atom. The number of rotatable bonds is 7. The topological polar surface area (TPSA) is 102 Å². The van der Waals surface area contributed by atoms with E-state index in [1.54, 1.807) is 4.90 Å². The summed E-state index contributed by atoms with van der Waals surface area (Å²) < 4.78 is 3.46. The Bertz CT molecular complexity index is 835. The van der Waals surface area contributed by atoms with E-state index >= 15 is 0 Å². The molecule has 3 rings (SSSR count). The quantitative estimate of drug-likeness (QED) is 0.666. The van der Waals surface area contributed by atoms with Gasteiger partial charge in [-0.05, 0) is 42.2 Å². The minimum absolute atomic E-state index is 0.0341. The maximum absolute atomic E-state index is 12.7. The average molecular weight is 403 g/mol. The average Bonchev–Trinajstić information content (AvgIpc) is 3.28. The molecule has 2 amide bonds. The lowest BCUT2D eigenvalue weighted by molar-refractivity contribution is -0.140. The number of aryl methyl sites for hydroxylation is 1. The number of tetrazole rings is 1. The summed E-state index contributed by atoms with van der Waals surface area (Å²) in [5, 5.41) is 15.4. The van der Waals surface area contributed by atoms with Gasteiger partial charge in [-0.3, -0.25) is 14.3 Å². The molecular weight excluding hydrogens is 372 g/mol. The van der Waals surface area contributed by atoms with Crippen molar-refractivity contribution < 1.29 is 9.59 Å². The Morgan fingerprint density at radius 3 is 2.31 bits per heavy atom. The molecule has 10 heteroatoms. The van der Waals surface area contributed by atoms with Crippen LogP contribution in [-0.2, 0) is 29.1 Å². The van der Waals surface area contributed by atoms with Crippen LogP contribution in [-0.4, -0.2) is 77.8 Å². The summed E-state index contributed by atoms with van der Waals surface area (Å²) in [6, 6.07) is 0. The van der Waals surface area contributed by atoms with E-state index in [4.69, 9.17) is 0 Å². The smallest absolute Gasteiger partial charge is 0.244 e. The number of carbonyl (C=O) groups is 2. The Hall–Kier alpha value is -2.78. The minimum Gasteiger partial charge on any atom is -0.339 e. The molecule has 0 N–H and O–H groups in total. The molecule has 0 bridgehead atoms. The molecule has 158 valence electrons. The van der Waals surface area contributed by atoms with Crippen LogP contribution in [0.5, 0.6) is 0 Å². The van der Waals surface area contributed by atoms with Crippen LogP contribution >= 0.6 is 0 Å². The monoisotopic (exact) mass is 402 g/mol. The SMILES string of the molecule is Cc1nn(CC(C)C)c(C)c1CCC(=O)N1CCN(C(=O)Cn2cnnn2)CC1. The van der Waals surface area contributed by atoms with E-state index in [1.807, 2.05) is 11.8 Å². The maximum atomic E-state index is 12.7. The molecule has 3 heterocycles. The maximum Gasteiger partial charge on any atom is 0.244 e. The van der Waals surface area contributed by atoms with Gasteiger partial charge in [0.25, 0.3) is 0 Å². The van der Waals surface area contributed by atoms with Crippen LogP contribution in [0.25, 0.3) is 0 Å². The second kappa shape index (κ2) is 9.15. The van der Waals surface area contributed by atoms with E-state index in [1.165, 1.54) is 16.6 Å². The van der Waals surface area contributed by atoms with Gasteiger partial charge in [0.1, 0.15) is 12.9 Å². The Kier molecular flexibility index (Phi) is 6.60. The largest absolute Gasteiger partial charge is 0.339 e. The predicted molar refractivity (Wildman–Crippen MR) is 106 cm³/mol. The molecule has 0 radical (unpaired) electrons. The molecule has 0 unspecified atom stereocenters. The van der Waals surface area contributed by atoms with Crippen molar-refractivity contribution in [2.24, 2.45) is 5.92 Å². The van der Waals surface area contributed by atoms with Gasteiger partial charge < -0.3 is 9.80 Å². The summed E-state index contributed by atoms with van der Waals surface area (Å²) in [5.74, 6) is 0.628. The van der Waals surface area contributed by atoms with E-state index in [-0.39, 0.29) is 18.4 Å². The highest BCUT2D eigenvalue weighted by atomic mass is 16.2. The van der Waals surface area contributed by atoms with Crippen LogP contribution in [0.1, 0.15) is 37.2 Å². The normalized spacial score (nSPS) is 14.7. The summed E-state index contributed by atoms with van der Waals surface area (Å²) >= 11 is 0. The lowest BCUT2D eigenvalue weighted by atomic mass is 10.1. The van der Waals surface area contributed by atoms with E-state index in [9.17, 15) is 9.59 Å². The lowest BCUT2D eigenvalue weighted by Crippen LogP contribution is -2.51. The molecule has 10 nitrogen and oxygen atoms in total. The summed E-state index contributed by atoms with van der Waals surface area (Å²) in [6.45, 7) is 11.7. The van der Waals surface area contributed by atoms with Crippen molar-refractivity contribution in [1.82, 2.24) is 39.8 Å². The highest BCUT2D eigenvalue weighted by molar-refractivity contribution is 5.78. The first-order chi connectivity index (χ1) is 13.8. The van der Waals surface area contributed by atoms with Gasteiger partial charge in [-0.2, -0.15) is 5.10 Å². The molecule has 1 aliphatic heterocycles. The van der Waals surface area contributed by atoms with Crippen LogP contribution in [0.2, 0.25) is 0 Å². The zero-order chi connectivity index (χ0) is 21.0. The van der Waals surface area contributed by atoms with Gasteiger partial charge in [0.15, 0.2) is 0 Å². The van der Waals surface area contributed by atoms with Crippen molar-refractivity contribution in [2.75, 3.05) is 26.2 Å². The number of hydrogen-bond donors (Lipinski definition) is 0. The zero-order valence-corrected chi connectivity index (χ0v) is 17.7. The molecule has 2 aromatic rings. The van der Waals surface area contributed by atoms with E-state index in [0.717, 1.165) is 17.9 Å². The Balaban J connectivity index is 1.48. The number of carbonyl (C=O) groups excluding carboxylic acids is 2. The first-order valence-electron chi connectivity index (χ1n) is 10.1. The molecule has 0 aliphatic carbocycles. The number of piperazine rings is 1. The third kappa shape index (κ3) is 5.18. The van der Waals surface area contributed by atoms with Gasteiger partial charge in [0.2, 0.25) is 11.8 Å². The van der Waals surface area contributed by atoms with Gasteiger partial charge in [0.05, 0.1) is 5.69 Å². The molecule has 0 aromatic carbocycles. The van der Waals surface area contributed by atoms with Crippen molar-refractivity contribution in [3.05, 3.63) is 23.3 Å². The standard InChI is InChI=1S/C19H30N8O2/c1-14(2)11-27-16(4)17(15(3)21-27)5-6-18(28)24-7-9-25(10-8-24)19(29)12-26-13-20-22-23-26/h13-14H,5-12H2,1-4H3. The summed E-state index contributed by atoms with van der Waals surface area (Å²) in [4.78, 5) is 28.6. The zero-order valence-electron chi connectivity index (χ0n) is 17.7. The molecule has 0 saturated carbocycles. The summed E-state index contributed by atoms with van der Waals surface area (Å²) in [6.07, 6.45) is 2.59. The molecule has 0 atom stereocenters. The second-order valence-electron chi connectivity index (χ2n) is 7.99.